The normalized spacial score (nSPS) is 17.0. The second-order valence-corrected chi connectivity index (χ2v) is 10.6. The van der Waals surface area contributed by atoms with Crippen LogP contribution >= 0.6 is 0 Å². The van der Waals surface area contributed by atoms with Gasteiger partial charge in [-0.3, -0.25) is 24.1 Å². The predicted octanol–water partition coefficient (Wildman–Crippen LogP) is 4.84. The molecule has 0 saturated heterocycles. The molecule has 2 unspecified atom stereocenters. The van der Waals surface area contributed by atoms with Crippen molar-refractivity contribution in [2.75, 3.05) is 13.7 Å². The van der Waals surface area contributed by atoms with Crippen LogP contribution in [-0.4, -0.2) is 42.4 Å². The molecule has 5 rings (SSSR count). The number of rotatable bonds is 7. The lowest BCUT2D eigenvalue weighted by molar-refractivity contribution is -0.134. The molecular formula is C33H33NO9. The highest BCUT2D eigenvalue weighted by Crippen LogP contribution is 2.49. The number of hydrogen-bond acceptors (Lipinski definition) is 10. The molecule has 2 aliphatic rings. The second kappa shape index (κ2) is 12.3. The summed E-state index contributed by atoms with van der Waals surface area (Å²) in [4.78, 5) is 49.5. The number of ether oxygens (including phenoxy) is 5. The summed E-state index contributed by atoms with van der Waals surface area (Å²) in [7, 11) is 1.54. The molecule has 2 heterocycles. The largest absolute Gasteiger partial charge is 0.493 e. The highest BCUT2D eigenvalue weighted by atomic mass is 16.6. The van der Waals surface area contributed by atoms with E-state index in [0.29, 0.717) is 43.1 Å². The molecule has 0 amide bonds. The van der Waals surface area contributed by atoms with E-state index in [0.717, 1.165) is 27.8 Å². The lowest BCUT2D eigenvalue weighted by atomic mass is 9.79. The van der Waals surface area contributed by atoms with Crippen LogP contribution in [0, 0.1) is 0 Å². The van der Waals surface area contributed by atoms with E-state index in [1.807, 2.05) is 24.3 Å². The summed E-state index contributed by atoms with van der Waals surface area (Å²) in [6, 6.07) is 14.6. The van der Waals surface area contributed by atoms with Gasteiger partial charge >= 0.3 is 23.9 Å². The van der Waals surface area contributed by atoms with Gasteiger partial charge in [-0.25, -0.2) is 0 Å². The first-order valence-electron chi connectivity index (χ1n) is 14.0. The van der Waals surface area contributed by atoms with E-state index in [4.69, 9.17) is 23.7 Å². The topological polar surface area (TPSA) is 118 Å². The van der Waals surface area contributed by atoms with Gasteiger partial charge in [-0.2, -0.15) is 0 Å². The van der Waals surface area contributed by atoms with Crippen LogP contribution in [0.25, 0.3) is 0 Å². The van der Waals surface area contributed by atoms with Crippen molar-refractivity contribution in [3.63, 3.8) is 0 Å². The number of carbonyl (C=O) groups excluding carboxylic acids is 4. The van der Waals surface area contributed by atoms with Crippen LogP contribution in [0.5, 0.6) is 28.7 Å². The molecule has 0 radical (unpaired) electrons. The van der Waals surface area contributed by atoms with Crippen molar-refractivity contribution >= 4 is 23.9 Å². The van der Waals surface area contributed by atoms with Gasteiger partial charge in [-0.1, -0.05) is 12.1 Å². The molecule has 0 spiro atoms. The molecule has 0 saturated carbocycles. The van der Waals surface area contributed by atoms with Crippen LogP contribution < -0.4 is 23.7 Å². The van der Waals surface area contributed by atoms with E-state index in [2.05, 4.69) is 4.90 Å². The van der Waals surface area contributed by atoms with E-state index in [1.54, 1.807) is 24.3 Å². The fourth-order valence-electron chi connectivity index (χ4n) is 5.99. The Kier molecular flexibility index (Phi) is 8.50. The Balaban J connectivity index is 1.61. The number of methoxy groups -OCH3 is 1. The zero-order valence-corrected chi connectivity index (χ0v) is 24.7. The van der Waals surface area contributed by atoms with Gasteiger partial charge in [-0.15, -0.1) is 0 Å². The van der Waals surface area contributed by atoms with E-state index >= 15 is 0 Å². The Hall–Kier alpha value is -4.70. The molecule has 2 aliphatic heterocycles. The van der Waals surface area contributed by atoms with E-state index in [9.17, 15) is 19.2 Å². The fourth-order valence-corrected chi connectivity index (χ4v) is 5.99. The Bertz CT molecular complexity index is 1590. The Morgan fingerprint density at radius 3 is 1.81 bits per heavy atom. The number of esters is 4. The van der Waals surface area contributed by atoms with Gasteiger partial charge in [0.1, 0.15) is 5.75 Å². The third-order valence-electron chi connectivity index (χ3n) is 7.58. The third-order valence-corrected chi connectivity index (χ3v) is 7.58. The molecule has 10 heteroatoms. The van der Waals surface area contributed by atoms with Crippen LogP contribution in [0.4, 0.5) is 0 Å². The molecule has 0 aliphatic carbocycles. The summed E-state index contributed by atoms with van der Waals surface area (Å²) in [6.07, 6.45) is 1.91. The van der Waals surface area contributed by atoms with Gasteiger partial charge in [0.15, 0.2) is 23.0 Å². The van der Waals surface area contributed by atoms with Gasteiger partial charge in [0, 0.05) is 46.3 Å². The molecule has 3 aromatic carbocycles. The Morgan fingerprint density at radius 2 is 1.23 bits per heavy atom. The predicted molar refractivity (Wildman–Crippen MR) is 154 cm³/mol. The summed E-state index contributed by atoms with van der Waals surface area (Å²) >= 11 is 0. The summed E-state index contributed by atoms with van der Waals surface area (Å²) in [5, 5.41) is 0. The van der Waals surface area contributed by atoms with Crippen molar-refractivity contribution in [1.82, 2.24) is 4.90 Å². The second-order valence-electron chi connectivity index (χ2n) is 10.6. The van der Waals surface area contributed by atoms with E-state index in [1.165, 1.54) is 34.8 Å². The van der Waals surface area contributed by atoms with E-state index < -0.39 is 23.9 Å². The lowest BCUT2D eigenvalue weighted by Crippen LogP contribution is -2.43. The summed E-state index contributed by atoms with van der Waals surface area (Å²) in [5.41, 5.74) is 5.03. The van der Waals surface area contributed by atoms with Gasteiger partial charge in [-0.05, 0) is 83.5 Å². The number of fused-ring (bicyclic) bond motifs is 4. The fraction of sp³-hybridized carbons (Fsp3) is 0.333. The van der Waals surface area contributed by atoms with Crippen LogP contribution in [0.3, 0.4) is 0 Å². The Labute approximate surface area is 249 Å². The van der Waals surface area contributed by atoms with Crippen molar-refractivity contribution in [1.29, 1.82) is 0 Å². The van der Waals surface area contributed by atoms with Crippen molar-refractivity contribution in [3.05, 3.63) is 76.3 Å². The maximum atomic E-state index is 12.0. The number of nitrogens with zero attached hydrogens (tertiary/aromatic N) is 1. The summed E-state index contributed by atoms with van der Waals surface area (Å²) in [6.45, 7) is 6.02. The molecule has 0 aromatic heterocycles. The highest BCUT2D eigenvalue weighted by molar-refractivity contribution is 5.74. The standard InChI is InChI=1S/C33H33NO9/c1-18(35)40-25-8-6-22(7-9-25)12-28-27-17-33(43-21(4)38)32(42-20(3)37)15-24(27)13-29-26-16-30(39-5)31(41-19(2)36)14-23(26)10-11-34(28)29/h6-9,14-17,28-29H,10-13H2,1-5H3. The number of hydrogen-bond donors (Lipinski definition) is 0. The van der Waals surface area contributed by atoms with Crippen LogP contribution in [0.2, 0.25) is 0 Å². The molecule has 0 bridgehead atoms. The van der Waals surface area contributed by atoms with Gasteiger partial charge < -0.3 is 23.7 Å². The van der Waals surface area contributed by atoms with Gasteiger partial charge in [0.2, 0.25) is 0 Å². The monoisotopic (exact) mass is 587 g/mol. The summed E-state index contributed by atoms with van der Waals surface area (Å²) < 4.78 is 27.2. The lowest BCUT2D eigenvalue weighted by Gasteiger charge is -2.47. The molecule has 3 aromatic rings. The Morgan fingerprint density at radius 1 is 0.698 bits per heavy atom. The number of carbonyl (C=O) groups is 4. The minimum Gasteiger partial charge on any atom is -0.493 e. The average Bonchev–Trinajstić information content (AvgIpc) is 2.93. The maximum absolute atomic E-state index is 12.0. The van der Waals surface area contributed by atoms with Crippen molar-refractivity contribution in [2.45, 2.75) is 59.0 Å². The van der Waals surface area contributed by atoms with Crippen LogP contribution in [-0.2, 0) is 38.4 Å². The maximum Gasteiger partial charge on any atom is 0.308 e. The van der Waals surface area contributed by atoms with Crippen molar-refractivity contribution < 1.29 is 42.9 Å². The first-order chi connectivity index (χ1) is 20.5. The SMILES string of the molecule is COc1cc2c(cc1OC(C)=O)CCN1C(Cc3ccc(OC(C)=O)cc3)c3cc(OC(C)=O)c(OC(C)=O)cc3CC21. The third kappa shape index (κ3) is 6.54. The van der Waals surface area contributed by atoms with Crippen LogP contribution in [0.15, 0.2) is 48.5 Å². The average molecular weight is 588 g/mol. The molecular weight excluding hydrogens is 554 g/mol. The zero-order chi connectivity index (χ0) is 30.8. The van der Waals surface area contributed by atoms with E-state index in [-0.39, 0.29) is 23.6 Å². The van der Waals surface area contributed by atoms with Gasteiger partial charge in [0.25, 0.3) is 0 Å². The smallest absolute Gasteiger partial charge is 0.308 e. The highest BCUT2D eigenvalue weighted by Gasteiger charge is 2.40. The molecule has 43 heavy (non-hydrogen) atoms. The summed E-state index contributed by atoms with van der Waals surface area (Å²) in [5.74, 6) is -0.206. The van der Waals surface area contributed by atoms with Gasteiger partial charge in [0.05, 0.1) is 7.11 Å². The molecule has 0 fully saturated rings. The van der Waals surface area contributed by atoms with Crippen LogP contribution in [0.1, 0.15) is 67.6 Å². The number of benzene rings is 3. The zero-order valence-electron chi connectivity index (χ0n) is 24.7. The molecule has 0 N–H and O–H groups in total. The van der Waals surface area contributed by atoms with Crippen molar-refractivity contribution in [3.8, 4) is 28.7 Å². The first-order valence-corrected chi connectivity index (χ1v) is 14.0. The quantitative estimate of drug-likeness (QED) is 0.281. The molecule has 224 valence electrons. The molecule has 2 atom stereocenters. The molecule has 10 nitrogen and oxygen atoms in total. The minimum absolute atomic E-state index is 0.0633. The minimum atomic E-state index is -0.527. The van der Waals surface area contributed by atoms with Crippen molar-refractivity contribution in [2.24, 2.45) is 0 Å². The first kappa shape index (κ1) is 29.8.